The van der Waals surface area contributed by atoms with Crippen LogP contribution in [0.2, 0.25) is 0 Å². The van der Waals surface area contributed by atoms with E-state index in [2.05, 4.69) is 15.3 Å². The molecular weight excluding hydrogens is 378 g/mol. The zero-order valence-electron chi connectivity index (χ0n) is 16.1. The van der Waals surface area contributed by atoms with Gasteiger partial charge in [-0.25, -0.2) is 4.98 Å². The first kappa shape index (κ1) is 18.1. The van der Waals surface area contributed by atoms with E-state index >= 15 is 0 Å². The van der Waals surface area contributed by atoms with E-state index in [9.17, 15) is 4.79 Å². The van der Waals surface area contributed by atoms with Gasteiger partial charge in [0.1, 0.15) is 23.0 Å². The Morgan fingerprint density at radius 2 is 1.77 bits per heavy atom. The minimum absolute atomic E-state index is 0.246. The lowest BCUT2D eigenvalue weighted by Crippen LogP contribution is -2.12. The second-order valence-electron chi connectivity index (χ2n) is 7.02. The number of carbonyl (C=O) groups is 1. The van der Waals surface area contributed by atoms with Crippen molar-refractivity contribution in [2.24, 2.45) is 0 Å². The van der Waals surface area contributed by atoms with Gasteiger partial charge in [0.25, 0.3) is 5.91 Å². The smallest absolute Gasteiger partial charge is 0.273 e. The Labute approximate surface area is 173 Å². The summed E-state index contributed by atoms with van der Waals surface area (Å²) >= 11 is 0. The van der Waals surface area contributed by atoms with Crippen molar-refractivity contribution in [3.63, 3.8) is 0 Å². The van der Waals surface area contributed by atoms with E-state index in [1.165, 1.54) is 6.20 Å². The standard InChI is InChI=1S/C24H19N3O3/c28-24(26-19-10-9-17-14-29-15-18(17)11-19)22-13-25-23(27-22)16-5-4-8-21(12-16)30-20-6-2-1-3-7-20/h1-13H,14-15H2,(H,25,27)(H,26,28). The van der Waals surface area contributed by atoms with Crippen LogP contribution in [0.5, 0.6) is 11.5 Å². The van der Waals surface area contributed by atoms with Gasteiger partial charge in [0.05, 0.1) is 19.4 Å². The monoisotopic (exact) mass is 397 g/mol. The predicted molar refractivity (Wildman–Crippen MR) is 113 cm³/mol. The summed E-state index contributed by atoms with van der Waals surface area (Å²) in [4.78, 5) is 20.1. The highest BCUT2D eigenvalue weighted by Gasteiger charge is 2.15. The van der Waals surface area contributed by atoms with Crippen molar-refractivity contribution in [1.82, 2.24) is 9.97 Å². The molecule has 0 bridgehead atoms. The van der Waals surface area contributed by atoms with Crippen molar-refractivity contribution in [2.45, 2.75) is 13.2 Å². The number of fused-ring (bicyclic) bond motifs is 1. The van der Waals surface area contributed by atoms with Crippen LogP contribution in [0.25, 0.3) is 11.4 Å². The van der Waals surface area contributed by atoms with E-state index in [0.29, 0.717) is 30.5 Å². The third-order valence-electron chi connectivity index (χ3n) is 4.89. The lowest BCUT2D eigenvalue weighted by Gasteiger charge is -2.07. The van der Waals surface area contributed by atoms with Crippen LogP contribution in [0.4, 0.5) is 5.69 Å². The highest BCUT2D eigenvalue weighted by Crippen LogP contribution is 2.26. The van der Waals surface area contributed by atoms with Crippen LogP contribution in [0.15, 0.2) is 79.0 Å². The summed E-state index contributed by atoms with van der Waals surface area (Å²) in [6, 6.07) is 23.0. The van der Waals surface area contributed by atoms with E-state index < -0.39 is 0 Å². The number of hydrogen-bond donors (Lipinski definition) is 2. The predicted octanol–water partition coefficient (Wildman–Crippen LogP) is 5.15. The molecule has 1 aliphatic rings. The lowest BCUT2D eigenvalue weighted by atomic mass is 10.1. The molecule has 0 radical (unpaired) electrons. The Morgan fingerprint density at radius 1 is 0.933 bits per heavy atom. The van der Waals surface area contributed by atoms with Gasteiger partial charge >= 0.3 is 0 Å². The molecule has 0 atom stereocenters. The number of aromatic amines is 1. The molecule has 6 heteroatoms. The van der Waals surface area contributed by atoms with Crippen LogP contribution >= 0.6 is 0 Å². The first-order valence-corrected chi connectivity index (χ1v) is 9.64. The highest BCUT2D eigenvalue weighted by atomic mass is 16.5. The fraction of sp³-hybridized carbons (Fsp3) is 0.0833. The van der Waals surface area contributed by atoms with Crippen molar-refractivity contribution >= 4 is 11.6 Å². The van der Waals surface area contributed by atoms with Gasteiger partial charge in [-0.1, -0.05) is 36.4 Å². The molecule has 0 spiro atoms. The minimum Gasteiger partial charge on any atom is -0.457 e. The first-order valence-electron chi connectivity index (χ1n) is 9.64. The summed E-state index contributed by atoms with van der Waals surface area (Å²) in [6.07, 6.45) is 1.53. The van der Waals surface area contributed by atoms with Crippen LogP contribution in [-0.4, -0.2) is 15.9 Å². The van der Waals surface area contributed by atoms with Gasteiger partial charge in [0, 0.05) is 11.3 Å². The van der Waals surface area contributed by atoms with Crippen molar-refractivity contribution in [2.75, 3.05) is 5.32 Å². The van der Waals surface area contributed by atoms with Crippen LogP contribution < -0.4 is 10.1 Å². The van der Waals surface area contributed by atoms with E-state index in [1.54, 1.807) is 0 Å². The number of anilines is 1. The summed E-state index contributed by atoms with van der Waals surface area (Å²) < 4.78 is 11.3. The molecule has 0 saturated heterocycles. The SMILES string of the molecule is O=C(Nc1ccc2c(c1)COC2)c1cnc(-c2cccc(Oc3ccccc3)c2)[nH]1. The normalized spacial score (nSPS) is 12.4. The van der Waals surface area contributed by atoms with Crippen molar-refractivity contribution in [1.29, 1.82) is 0 Å². The molecule has 4 aromatic rings. The third kappa shape index (κ3) is 3.81. The van der Waals surface area contributed by atoms with Gasteiger partial charge in [0.15, 0.2) is 0 Å². The molecule has 148 valence electrons. The summed E-state index contributed by atoms with van der Waals surface area (Å²) in [5, 5.41) is 2.91. The van der Waals surface area contributed by atoms with Gasteiger partial charge in [-0.15, -0.1) is 0 Å². The Balaban J connectivity index is 1.31. The minimum atomic E-state index is -0.246. The number of amides is 1. The molecular formula is C24H19N3O3. The van der Waals surface area contributed by atoms with Crippen LogP contribution in [-0.2, 0) is 18.0 Å². The topological polar surface area (TPSA) is 76.2 Å². The Bertz CT molecular complexity index is 1200. The quantitative estimate of drug-likeness (QED) is 0.488. The highest BCUT2D eigenvalue weighted by molar-refractivity contribution is 6.03. The first-order chi connectivity index (χ1) is 14.7. The molecule has 0 unspecified atom stereocenters. The number of benzene rings is 3. The van der Waals surface area contributed by atoms with E-state index in [-0.39, 0.29) is 5.91 Å². The molecule has 1 aromatic heterocycles. The Hall–Kier alpha value is -3.90. The lowest BCUT2D eigenvalue weighted by molar-refractivity contribution is 0.102. The second-order valence-corrected chi connectivity index (χ2v) is 7.02. The van der Waals surface area contributed by atoms with Gasteiger partial charge < -0.3 is 19.8 Å². The van der Waals surface area contributed by atoms with Crippen LogP contribution in [0.3, 0.4) is 0 Å². The zero-order chi connectivity index (χ0) is 20.3. The van der Waals surface area contributed by atoms with Gasteiger partial charge in [-0.2, -0.15) is 0 Å². The van der Waals surface area contributed by atoms with Crippen molar-refractivity contribution in [3.05, 3.63) is 95.8 Å². The number of rotatable bonds is 5. The molecule has 5 rings (SSSR count). The van der Waals surface area contributed by atoms with Crippen molar-refractivity contribution in [3.8, 4) is 22.9 Å². The Morgan fingerprint density at radius 3 is 2.67 bits per heavy atom. The zero-order valence-corrected chi connectivity index (χ0v) is 16.1. The third-order valence-corrected chi connectivity index (χ3v) is 4.89. The molecule has 2 N–H and O–H groups in total. The number of aromatic nitrogens is 2. The number of nitrogens with one attached hydrogen (secondary N) is 2. The van der Waals surface area contributed by atoms with Crippen LogP contribution in [0.1, 0.15) is 21.6 Å². The number of imidazole rings is 1. The molecule has 30 heavy (non-hydrogen) atoms. The molecule has 2 heterocycles. The number of hydrogen-bond acceptors (Lipinski definition) is 4. The molecule has 1 amide bonds. The van der Waals surface area contributed by atoms with E-state index in [0.717, 1.165) is 28.1 Å². The summed E-state index contributed by atoms with van der Waals surface area (Å²) in [5.74, 6) is 1.81. The Kier molecular flexibility index (Phi) is 4.75. The number of carbonyl (C=O) groups excluding carboxylic acids is 1. The van der Waals surface area contributed by atoms with Gasteiger partial charge in [-0.05, 0) is 47.5 Å². The number of nitrogens with zero attached hydrogens (tertiary/aromatic N) is 1. The fourth-order valence-corrected chi connectivity index (χ4v) is 3.36. The second kappa shape index (κ2) is 7.85. The maximum absolute atomic E-state index is 12.6. The van der Waals surface area contributed by atoms with Crippen LogP contribution in [0, 0.1) is 0 Å². The molecule has 6 nitrogen and oxygen atoms in total. The summed E-state index contributed by atoms with van der Waals surface area (Å²) in [7, 11) is 0. The number of H-pyrrole nitrogens is 1. The fourth-order valence-electron chi connectivity index (χ4n) is 3.36. The molecule has 3 aromatic carbocycles. The van der Waals surface area contributed by atoms with E-state index in [4.69, 9.17) is 9.47 Å². The average molecular weight is 397 g/mol. The summed E-state index contributed by atoms with van der Waals surface area (Å²) in [6.45, 7) is 1.20. The van der Waals surface area contributed by atoms with Gasteiger partial charge in [0.2, 0.25) is 0 Å². The average Bonchev–Trinajstić information content (AvgIpc) is 3.44. The molecule has 0 saturated carbocycles. The number of ether oxygens (including phenoxy) is 2. The molecule has 0 aliphatic carbocycles. The van der Waals surface area contributed by atoms with E-state index in [1.807, 2.05) is 72.8 Å². The largest absolute Gasteiger partial charge is 0.457 e. The van der Waals surface area contributed by atoms with Gasteiger partial charge in [-0.3, -0.25) is 4.79 Å². The molecule has 0 fully saturated rings. The molecule has 1 aliphatic heterocycles. The maximum atomic E-state index is 12.6. The van der Waals surface area contributed by atoms with Crippen molar-refractivity contribution < 1.29 is 14.3 Å². The maximum Gasteiger partial charge on any atom is 0.273 e. The summed E-state index contributed by atoms with van der Waals surface area (Å²) in [5.41, 5.74) is 4.22. The number of para-hydroxylation sites is 1.